The van der Waals surface area contributed by atoms with Gasteiger partial charge in [-0.1, -0.05) is 60.7 Å². The van der Waals surface area contributed by atoms with Gasteiger partial charge in [-0.2, -0.15) is 0 Å². The Bertz CT molecular complexity index is 794. The molecule has 2 aromatic carbocycles. The smallest absolute Gasteiger partial charge is 0.310 e. The number of rotatable bonds is 7. The third kappa shape index (κ3) is 6.06. The maximum absolute atomic E-state index is 11.8. The minimum atomic E-state index is -0.442. The number of hydrogen-bond acceptors (Lipinski definition) is 4. The Morgan fingerprint density at radius 2 is 1.84 bits per heavy atom. The van der Waals surface area contributed by atoms with Gasteiger partial charge in [0.2, 0.25) is 0 Å². The fraction of sp³-hybridized carbons (Fsp3) is 0.150. The Hall–Kier alpha value is -3.21. The summed E-state index contributed by atoms with van der Waals surface area (Å²) in [5, 5.41) is 10.9. The number of nitrogens with zero attached hydrogens (tertiary/aromatic N) is 1. The summed E-state index contributed by atoms with van der Waals surface area (Å²) in [6, 6.07) is 16.0. The topological polar surface area (TPSA) is 69.4 Å². The first-order valence-corrected chi connectivity index (χ1v) is 7.92. The van der Waals surface area contributed by atoms with Gasteiger partial charge in [0, 0.05) is 12.1 Å². The second-order valence-electron chi connectivity index (χ2n) is 5.30. The first kappa shape index (κ1) is 18.1. The lowest BCUT2D eigenvalue weighted by atomic mass is 10.1. The molecule has 0 radical (unpaired) electrons. The molecule has 128 valence electrons. The summed E-state index contributed by atoms with van der Waals surface area (Å²) in [7, 11) is 0. The van der Waals surface area contributed by atoms with Gasteiger partial charge in [0.05, 0.1) is 18.0 Å². The van der Waals surface area contributed by atoms with E-state index in [2.05, 4.69) is 0 Å². The third-order valence-electron chi connectivity index (χ3n) is 3.38. The SMILES string of the molecule is CCOC(=O)CC(/C=C/c1ccccc1)=C\c1cccc([N+](=O)[O-])c1. The van der Waals surface area contributed by atoms with E-state index in [1.54, 1.807) is 25.1 Å². The number of non-ortho nitro benzene ring substituents is 1. The van der Waals surface area contributed by atoms with Crippen molar-refractivity contribution in [1.82, 2.24) is 0 Å². The molecule has 5 heteroatoms. The molecule has 25 heavy (non-hydrogen) atoms. The molecule has 0 heterocycles. The molecule has 0 saturated carbocycles. The molecule has 0 unspecified atom stereocenters. The summed E-state index contributed by atoms with van der Waals surface area (Å²) in [4.78, 5) is 22.3. The Labute approximate surface area is 146 Å². The van der Waals surface area contributed by atoms with Crippen LogP contribution < -0.4 is 0 Å². The molecule has 0 aromatic heterocycles. The maximum atomic E-state index is 11.8. The molecule has 0 aliphatic carbocycles. The molecule has 5 nitrogen and oxygen atoms in total. The van der Waals surface area contributed by atoms with Gasteiger partial charge in [-0.3, -0.25) is 14.9 Å². The molecule has 0 bridgehead atoms. The fourth-order valence-electron chi connectivity index (χ4n) is 2.25. The first-order chi connectivity index (χ1) is 12.1. The largest absolute Gasteiger partial charge is 0.466 e. The predicted octanol–water partition coefficient (Wildman–Crippen LogP) is 4.64. The van der Waals surface area contributed by atoms with Crippen LogP contribution in [0.3, 0.4) is 0 Å². The van der Waals surface area contributed by atoms with Crippen molar-refractivity contribution in [3.8, 4) is 0 Å². The molecule has 2 aromatic rings. The Morgan fingerprint density at radius 1 is 1.12 bits per heavy atom. The number of carbonyl (C=O) groups excluding carboxylic acids is 1. The monoisotopic (exact) mass is 337 g/mol. The van der Waals surface area contributed by atoms with E-state index in [4.69, 9.17) is 4.74 Å². The van der Waals surface area contributed by atoms with E-state index >= 15 is 0 Å². The number of hydrogen-bond donors (Lipinski definition) is 0. The van der Waals surface area contributed by atoms with Crippen LogP contribution in [0, 0.1) is 10.1 Å². The average Bonchev–Trinajstić information content (AvgIpc) is 2.61. The highest BCUT2D eigenvalue weighted by molar-refractivity contribution is 5.77. The van der Waals surface area contributed by atoms with Crippen molar-refractivity contribution in [3.05, 3.63) is 87.5 Å². The summed E-state index contributed by atoms with van der Waals surface area (Å²) < 4.78 is 5.00. The van der Waals surface area contributed by atoms with Gasteiger partial charge in [-0.15, -0.1) is 0 Å². The van der Waals surface area contributed by atoms with Crippen LogP contribution in [0.25, 0.3) is 12.2 Å². The lowest BCUT2D eigenvalue weighted by Crippen LogP contribution is -2.04. The van der Waals surface area contributed by atoms with Crippen LogP contribution in [0.1, 0.15) is 24.5 Å². The van der Waals surface area contributed by atoms with Crippen LogP contribution in [0.5, 0.6) is 0 Å². The van der Waals surface area contributed by atoms with E-state index in [0.717, 1.165) is 5.56 Å². The molecule has 0 atom stereocenters. The highest BCUT2D eigenvalue weighted by Crippen LogP contribution is 2.18. The molecule has 0 saturated heterocycles. The quantitative estimate of drug-likeness (QED) is 0.319. The van der Waals surface area contributed by atoms with Crippen molar-refractivity contribution < 1.29 is 14.5 Å². The lowest BCUT2D eigenvalue weighted by molar-refractivity contribution is -0.384. The van der Waals surface area contributed by atoms with Crippen molar-refractivity contribution in [2.75, 3.05) is 6.61 Å². The van der Waals surface area contributed by atoms with Gasteiger partial charge < -0.3 is 4.74 Å². The molecule has 0 aliphatic heterocycles. The number of ether oxygens (including phenoxy) is 1. The van der Waals surface area contributed by atoms with Crippen molar-refractivity contribution in [3.63, 3.8) is 0 Å². The summed E-state index contributed by atoms with van der Waals surface area (Å²) in [6.45, 7) is 2.06. The standard InChI is InChI=1S/C20H19NO4/c1-2-25-20(22)15-18(12-11-16-7-4-3-5-8-16)13-17-9-6-10-19(14-17)21(23)24/h3-14H,2,15H2,1H3/b12-11+,18-13-. The average molecular weight is 337 g/mol. The van der Waals surface area contributed by atoms with Gasteiger partial charge in [-0.05, 0) is 23.6 Å². The van der Waals surface area contributed by atoms with Crippen LogP contribution in [-0.4, -0.2) is 17.5 Å². The zero-order valence-electron chi connectivity index (χ0n) is 13.9. The zero-order chi connectivity index (χ0) is 18.1. The number of nitro benzene ring substituents is 1. The van der Waals surface area contributed by atoms with Gasteiger partial charge >= 0.3 is 5.97 Å². The van der Waals surface area contributed by atoms with Gasteiger partial charge in [-0.25, -0.2) is 0 Å². The van der Waals surface area contributed by atoms with E-state index in [1.807, 2.05) is 42.5 Å². The number of benzene rings is 2. The van der Waals surface area contributed by atoms with Crippen molar-refractivity contribution in [2.45, 2.75) is 13.3 Å². The van der Waals surface area contributed by atoms with Crippen LogP contribution in [0.15, 0.2) is 66.2 Å². The predicted molar refractivity (Wildman–Crippen MR) is 97.8 cm³/mol. The maximum Gasteiger partial charge on any atom is 0.310 e. The van der Waals surface area contributed by atoms with E-state index in [-0.39, 0.29) is 18.1 Å². The molecule has 0 fully saturated rings. The molecule has 0 N–H and O–H groups in total. The summed E-state index contributed by atoms with van der Waals surface area (Å²) >= 11 is 0. The first-order valence-electron chi connectivity index (χ1n) is 7.92. The molecule has 0 amide bonds. The van der Waals surface area contributed by atoms with Crippen LogP contribution in [0.2, 0.25) is 0 Å². The third-order valence-corrected chi connectivity index (χ3v) is 3.38. The van der Waals surface area contributed by atoms with Gasteiger partial charge in [0.15, 0.2) is 0 Å². The molecule has 0 aliphatic rings. The van der Waals surface area contributed by atoms with Crippen molar-refractivity contribution in [2.24, 2.45) is 0 Å². The summed E-state index contributed by atoms with van der Waals surface area (Å²) in [5.41, 5.74) is 2.38. The van der Waals surface area contributed by atoms with Gasteiger partial charge in [0.25, 0.3) is 5.69 Å². The normalized spacial score (nSPS) is 11.5. The van der Waals surface area contributed by atoms with E-state index in [0.29, 0.717) is 17.7 Å². The van der Waals surface area contributed by atoms with Crippen molar-refractivity contribution in [1.29, 1.82) is 0 Å². The second-order valence-corrected chi connectivity index (χ2v) is 5.30. The van der Waals surface area contributed by atoms with Crippen molar-refractivity contribution >= 4 is 23.8 Å². The zero-order valence-corrected chi connectivity index (χ0v) is 13.9. The Morgan fingerprint density at radius 3 is 2.52 bits per heavy atom. The van der Waals surface area contributed by atoms with Crippen LogP contribution >= 0.6 is 0 Å². The lowest BCUT2D eigenvalue weighted by Gasteiger charge is -2.04. The van der Waals surface area contributed by atoms with E-state index in [9.17, 15) is 14.9 Å². The highest BCUT2D eigenvalue weighted by atomic mass is 16.6. The van der Waals surface area contributed by atoms with Crippen LogP contribution in [-0.2, 0) is 9.53 Å². The van der Waals surface area contributed by atoms with Crippen LogP contribution in [0.4, 0.5) is 5.69 Å². The Balaban J connectivity index is 2.29. The van der Waals surface area contributed by atoms with Gasteiger partial charge in [0.1, 0.15) is 0 Å². The number of carbonyl (C=O) groups is 1. The number of esters is 1. The minimum Gasteiger partial charge on any atom is -0.466 e. The number of nitro groups is 1. The Kier molecular flexibility index (Phi) is 6.65. The minimum absolute atomic E-state index is 0.0104. The second kappa shape index (κ2) is 9.17. The van der Waals surface area contributed by atoms with E-state index in [1.165, 1.54) is 12.1 Å². The fourth-order valence-corrected chi connectivity index (χ4v) is 2.25. The molecule has 2 rings (SSSR count). The van der Waals surface area contributed by atoms with E-state index < -0.39 is 4.92 Å². The molecular formula is C20H19NO4. The highest BCUT2D eigenvalue weighted by Gasteiger charge is 2.07. The number of allylic oxidation sites excluding steroid dienone is 1. The molecule has 0 spiro atoms. The summed E-state index contributed by atoms with van der Waals surface area (Å²) in [6.07, 6.45) is 5.57. The molecular weight excluding hydrogens is 318 g/mol. The summed E-state index contributed by atoms with van der Waals surface area (Å²) in [5.74, 6) is -0.336.